The maximum atomic E-state index is 12.5. The third-order valence-electron chi connectivity index (χ3n) is 3.54. The SMILES string of the molecule is CN1C=CC=CC12Cc1ccccc1C2=O. The Morgan fingerprint density at radius 2 is 2.06 bits per heavy atom. The summed E-state index contributed by atoms with van der Waals surface area (Å²) in [5, 5.41) is 0. The third-order valence-corrected chi connectivity index (χ3v) is 3.54. The normalized spacial score (nSPS) is 26.6. The number of hydrogen-bond donors (Lipinski definition) is 0. The van der Waals surface area contributed by atoms with Crippen LogP contribution in [0, 0.1) is 0 Å². The second kappa shape index (κ2) is 3.08. The molecule has 16 heavy (non-hydrogen) atoms. The van der Waals surface area contributed by atoms with E-state index in [0.29, 0.717) is 0 Å². The van der Waals surface area contributed by atoms with Crippen molar-refractivity contribution in [2.24, 2.45) is 0 Å². The van der Waals surface area contributed by atoms with Crippen molar-refractivity contribution in [1.29, 1.82) is 0 Å². The van der Waals surface area contributed by atoms with Gasteiger partial charge in [-0.1, -0.05) is 36.4 Å². The zero-order valence-electron chi connectivity index (χ0n) is 9.18. The predicted octanol–water partition coefficient (Wildman–Crippen LogP) is 2.18. The topological polar surface area (TPSA) is 20.3 Å². The minimum absolute atomic E-state index is 0.214. The maximum Gasteiger partial charge on any atom is 0.192 e. The molecule has 1 aromatic rings. The predicted molar refractivity (Wildman–Crippen MR) is 63.3 cm³/mol. The van der Waals surface area contributed by atoms with E-state index in [1.165, 1.54) is 0 Å². The summed E-state index contributed by atoms with van der Waals surface area (Å²) in [5.41, 5.74) is 1.55. The minimum atomic E-state index is -0.474. The first-order chi connectivity index (χ1) is 7.74. The second-order valence-corrected chi connectivity index (χ2v) is 4.40. The number of fused-ring (bicyclic) bond motifs is 1. The second-order valence-electron chi connectivity index (χ2n) is 4.40. The lowest BCUT2D eigenvalue weighted by atomic mass is 9.90. The Bertz CT molecular complexity index is 515. The molecule has 1 aromatic carbocycles. The molecule has 2 nitrogen and oxygen atoms in total. The summed E-state index contributed by atoms with van der Waals surface area (Å²) in [7, 11) is 1.96. The number of Topliss-reactive ketones (excluding diaryl/α,β-unsaturated/α-hetero) is 1. The van der Waals surface area contributed by atoms with Gasteiger partial charge in [0.1, 0.15) is 5.54 Å². The van der Waals surface area contributed by atoms with Gasteiger partial charge in [-0.3, -0.25) is 4.79 Å². The minimum Gasteiger partial charge on any atom is -0.364 e. The summed E-state index contributed by atoms with van der Waals surface area (Å²) < 4.78 is 0. The average molecular weight is 211 g/mol. The highest BCUT2D eigenvalue weighted by atomic mass is 16.1. The molecule has 2 aliphatic rings. The monoisotopic (exact) mass is 211 g/mol. The van der Waals surface area contributed by atoms with Crippen molar-refractivity contribution >= 4 is 5.78 Å². The van der Waals surface area contributed by atoms with Crippen LogP contribution in [0.15, 0.2) is 48.7 Å². The van der Waals surface area contributed by atoms with Gasteiger partial charge >= 0.3 is 0 Å². The van der Waals surface area contributed by atoms with Gasteiger partial charge in [0.05, 0.1) is 0 Å². The molecule has 0 bridgehead atoms. The number of carbonyl (C=O) groups is 1. The van der Waals surface area contributed by atoms with Crippen LogP contribution in [0.25, 0.3) is 0 Å². The lowest BCUT2D eigenvalue weighted by Gasteiger charge is -2.35. The van der Waals surface area contributed by atoms with Crippen LogP contribution >= 0.6 is 0 Å². The summed E-state index contributed by atoms with van der Waals surface area (Å²) in [5.74, 6) is 0.214. The van der Waals surface area contributed by atoms with Crippen molar-refractivity contribution in [3.05, 3.63) is 59.8 Å². The molecule has 1 heterocycles. The van der Waals surface area contributed by atoms with Gasteiger partial charge in [0.15, 0.2) is 5.78 Å². The average Bonchev–Trinajstić information content (AvgIpc) is 2.59. The van der Waals surface area contributed by atoms with Gasteiger partial charge in [0.25, 0.3) is 0 Å². The number of carbonyl (C=O) groups excluding carboxylic acids is 1. The Balaban J connectivity index is 2.13. The molecular formula is C14H13NO. The van der Waals surface area contributed by atoms with Gasteiger partial charge in [-0.05, 0) is 17.8 Å². The van der Waals surface area contributed by atoms with Crippen molar-refractivity contribution < 1.29 is 4.79 Å². The van der Waals surface area contributed by atoms with Gasteiger partial charge in [-0.15, -0.1) is 0 Å². The largest absolute Gasteiger partial charge is 0.364 e. The lowest BCUT2D eigenvalue weighted by Crippen LogP contribution is -2.48. The summed E-state index contributed by atoms with van der Waals surface area (Å²) in [6.07, 6.45) is 8.67. The number of nitrogens with zero attached hydrogens (tertiary/aromatic N) is 1. The van der Waals surface area contributed by atoms with Crippen molar-refractivity contribution in [3.63, 3.8) is 0 Å². The Labute approximate surface area is 94.9 Å². The van der Waals surface area contributed by atoms with Gasteiger partial charge < -0.3 is 4.90 Å². The lowest BCUT2D eigenvalue weighted by molar-refractivity contribution is 0.0825. The maximum absolute atomic E-state index is 12.5. The van der Waals surface area contributed by atoms with E-state index in [2.05, 4.69) is 0 Å². The van der Waals surface area contributed by atoms with E-state index in [0.717, 1.165) is 17.5 Å². The van der Waals surface area contributed by atoms with E-state index in [4.69, 9.17) is 0 Å². The number of allylic oxidation sites excluding steroid dienone is 2. The molecule has 0 amide bonds. The van der Waals surface area contributed by atoms with Gasteiger partial charge in [0, 0.05) is 19.0 Å². The van der Waals surface area contributed by atoms with Crippen LogP contribution in [0.4, 0.5) is 0 Å². The molecule has 1 atom stereocenters. The Kier molecular flexibility index (Phi) is 1.81. The number of benzene rings is 1. The summed E-state index contributed by atoms with van der Waals surface area (Å²) >= 11 is 0. The molecule has 0 saturated carbocycles. The van der Waals surface area contributed by atoms with Crippen LogP contribution in [0.1, 0.15) is 15.9 Å². The molecule has 80 valence electrons. The van der Waals surface area contributed by atoms with Crippen LogP contribution in [-0.2, 0) is 6.42 Å². The summed E-state index contributed by atoms with van der Waals surface area (Å²) in [6.45, 7) is 0. The molecule has 2 heteroatoms. The summed E-state index contributed by atoms with van der Waals surface area (Å²) in [4.78, 5) is 14.5. The highest BCUT2D eigenvalue weighted by Crippen LogP contribution is 2.36. The van der Waals surface area contributed by atoms with Crippen LogP contribution in [0.2, 0.25) is 0 Å². The number of rotatable bonds is 0. The molecule has 1 aliphatic heterocycles. The van der Waals surface area contributed by atoms with E-state index in [9.17, 15) is 4.79 Å². The van der Waals surface area contributed by atoms with E-state index < -0.39 is 5.54 Å². The first-order valence-corrected chi connectivity index (χ1v) is 5.46. The van der Waals surface area contributed by atoms with Crippen molar-refractivity contribution in [1.82, 2.24) is 4.90 Å². The molecule has 0 radical (unpaired) electrons. The molecule has 1 aliphatic carbocycles. The van der Waals surface area contributed by atoms with Gasteiger partial charge in [-0.2, -0.15) is 0 Å². The fourth-order valence-corrected chi connectivity index (χ4v) is 2.56. The first kappa shape index (κ1) is 9.40. The quantitative estimate of drug-likeness (QED) is 0.655. The molecule has 3 rings (SSSR count). The van der Waals surface area contributed by atoms with Gasteiger partial charge in [-0.25, -0.2) is 0 Å². The highest BCUT2D eigenvalue weighted by Gasteiger charge is 2.46. The van der Waals surface area contributed by atoms with Crippen molar-refractivity contribution in [2.45, 2.75) is 12.0 Å². The van der Waals surface area contributed by atoms with E-state index in [1.54, 1.807) is 0 Å². The fourth-order valence-electron chi connectivity index (χ4n) is 2.56. The fraction of sp³-hybridized carbons (Fsp3) is 0.214. The molecule has 1 spiro atoms. The number of likely N-dealkylation sites (N-methyl/N-ethyl adjacent to an activating group) is 1. The highest BCUT2D eigenvalue weighted by molar-refractivity contribution is 6.09. The summed E-state index contributed by atoms with van der Waals surface area (Å²) in [6, 6.07) is 7.89. The number of ketones is 1. The first-order valence-electron chi connectivity index (χ1n) is 5.46. The third kappa shape index (κ3) is 1.04. The molecule has 0 aromatic heterocycles. The van der Waals surface area contributed by atoms with Crippen LogP contribution < -0.4 is 0 Å². The molecule has 1 unspecified atom stereocenters. The van der Waals surface area contributed by atoms with E-state index in [-0.39, 0.29) is 5.78 Å². The van der Waals surface area contributed by atoms with Crippen LogP contribution in [0.3, 0.4) is 0 Å². The van der Waals surface area contributed by atoms with Gasteiger partial charge in [0.2, 0.25) is 0 Å². The zero-order valence-corrected chi connectivity index (χ0v) is 9.18. The zero-order chi connectivity index (χ0) is 11.2. The molecule has 0 N–H and O–H groups in total. The molecule has 0 saturated heterocycles. The van der Waals surface area contributed by atoms with Crippen LogP contribution in [0.5, 0.6) is 0 Å². The van der Waals surface area contributed by atoms with Crippen molar-refractivity contribution in [3.8, 4) is 0 Å². The Hall–Kier alpha value is -1.83. The molecular weight excluding hydrogens is 198 g/mol. The smallest absolute Gasteiger partial charge is 0.192 e. The number of hydrogen-bond acceptors (Lipinski definition) is 2. The van der Waals surface area contributed by atoms with E-state index in [1.807, 2.05) is 60.6 Å². The molecule has 0 fully saturated rings. The van der Waals surface area contributed by atoms with E-state index >= 15 is 0 Å². The standard InChI is InChI=1S/C14H13NO/c1-15-9-5-4-8-14(15)10-11-6-2-3-7-12(11)13(14)16/h2-9H,10H2,1H3. The Morgan fingerprint density at radius 3 is 2.81 bits per heavy atom. The Morgan fingerprint density at radius 1 is 1.25 bits per heavy atom. The van der Waals surface area contributed by atoms with Crippen molar-refractivity contribution in [2.75, 3.05) is 7.05 Å². The van der Waals surface area contributed by atoms with Crippen LogP contribution in [-0.4, -0.2) is 23.3 Å².